The van der Waals surface area contributed by atoms with Crippen LogP contribution < -0.4 is 0 Å². The van der Waals surface area contributed by atoms with Crippen molar-refractivity contribution >= 4 is 34.3 Å². The normalized spacial score (nSPS) is 10.1. The number of carbonyl (C=O) groups is 2. The fourth-order valence-electron chi connectivity index (χ4n) is 1.77. The molecule has 0 aromatic heterocycles. The molecule has 0 aliphatic carbocycles. The van der Waals surface area contributed by atoms with E-state index in [1.165, 1.54) is 0 Å². The van der Waals surface area contributed by atoms with E-state index in [-0.39, 0.29) is 11.8 Å². The largest absolute Gasteiger partial charge is 0.462 e. The first-order chi connectivity index (χ1) is 9.63. The molecule has 0 aliphatic heterocycles. The van der Waals surface area contributed by atoms with Crippen LogP contribution in [0.3, 0.4) is 0 Å². The van der Waals surface area contributed by atoms with Crippen LogP contribution in [0, 0.1) is 3.57 Å². The van der Waals surface area contributed by atoms with Gasteiger partial charge in [-0.15, -0.1) is 0 Å². The zero-order valence-corrected chi connectivity index (χ0v) is 13.1. The molecule has 0 radical (unpaired) electrons. The molecule has 20 heavy (non-hydrogen) atoms. The molecule has 2 aromatic carbocycles. The van der Waals surface area contributed by atoms with Crippen molar-refractivity contribution in [2.75, 3.05) is 6.61 Å². The number of benzene rings is 2. The van der Waals surface area contributed by atoms with E-state index in [2.05, 4.69) is 22.6 Å². The van der Waals surface area contributed by atoms with Crippen molar-refractivity contribution in [2.45, 2.75) is 6.92 Å². The molecule has 0 heterocycles. The second-order valence-corrected chi connectivity index (χ2v) is 5.27. The minimum atomic E-state index is -0.374. The highest BCUT2D eigenvalue weighted by Crippen LogP contribution is 2.17. The first-order valence-electron chi connectivity index (χ1n) is 6.20. The Kier molecular flexibility index (Phi) is 4.89. The van der Waals surface area contributed by atoms with Crippen LogP contribution >= 0.6 is 22.6 Å². The summed E-state index contributed by atoms with van der Waals surface area (Å²) < 4.78 is 5.81. The van der Waals surface area contributed by atoms with Crippen molar-refractivity contribution in [3.05, 3.63) is 68.8 Å². The third-order valence-electron chi connectivity index (χ3n) is 2.78. The molecule has 0 aliphatic rings. The summed E-state index contributed by atoms with van der Waals surface area (Å²) in [6.45, 7) is 2.09. The van der Waals surface area contributed by atoms with Crippen LogP contribution in [0.2, 0.25) is 0 Å². The van der Waals surface area contributed by atoms with Crippen molar-refractivity contribution < 1.29 is 14.3 Å². The number of hydrogen-bond acceptors (Lipinski definition) is 3. The quantitative estimate of drug-likeness (QED) is 0.462. The van der Waals surface area contributed by atoms with Crippen LogP contribution in [0.25, 0.3) is 0 Å². The van der Waals surface area contributed by atoms with E-state index in [4.69, 9.17) is 4.74 Å². The van der Waals surface area contributed by atoms with Gasteiger partial charge < -0.3 is 4.74 Å². The fraction of sp³-hybridized carbons (Fsp3) is 0.125. The van der Waals surface area contributed by atoms with Crippen LogP contribution in [-0.2, 0) is 4.74 Å². The Hall–Kier alpha value is -1.69. The summed E-state index contributed by atoms with van der Waals surface area (Å²) in [5.74, 6) is -0.425. The highest BCUT2D eigenvalue weighted by molar-refractivity contribution is 14.1. The van der Waals surface area contributed by atoms with Gasteiger partial charge in [0.2, 0.25) is 0 Å². The number of carbonyl (C=O) groups excluding carboxylic acids is 2. The molecule has 0 amide bonds. The Bertz CT molecular complexity index is 632. The molecule has 3 nitrogen and oxygen atoms in total. The summed E-state index contributed by atoms with van der Waals surface area (Å²) in [4.78, 5) is 23.9. The summed E-state index contributed by atoms with van der Waals surface area (Å²) in [5.41, 5.74) is 1.67. The number of rotatable bonds is 4. The van der Waals surface area contributed by atoms with Crippen molar-refractivity contribution in [3.8, 4) is 0 Å². The topological polar surface area (TPSA) is 43.4 Å². The first-order valence-corrected chi connectivity index (χ1v) is 7.27. The summed E-state index contributed by atoms with van der Waals surface area (Å²) >= 11 is 2.14. The highest BCUT2D eigenvalue weighted by Gasteiger charge is 2.13. The zero-order chi connectivity index (χ0) is 14.5. The van der Waals surface area contributed by atoms with E-state index in [0.29, 0.717) is 23.3 Å². The number of hydrogen-bond donors (Lipinski definition) is 0. The van der Waals surface area contributed by atoms with Crippen LogP contribution in [0.1, 0.15) is 33.2 Å². The molecule has 2 rings (SSSR count). The van der Waals surface area contributed by atoms with Crippen LogP contribution in [0.15, 0.2) is 48.5 Å². The lowest BCUT2D eigenvalue weighted by Gasteiger charge is -2.05. The molecule has 4 heteroatoms. The number of ketones is 1. The van der Waals surface area contributed by atoms with E-state index in [0.717, 1.165) is 3.57 Å². The third-order valence-corrected chi connectivity index (χ3v) is 3.72. The third kappa shape index (κ3) is 3.25. The van der Waals surface area contributed by atoms with Gasteiger partial charge in [0.25, 0.3) is 0 Å². The van der Waals surface area contributed by atoms with Crippen molar-refractivity contribution in [1.29, 1.82) is 0 Å². The lowest BCUT2D eigenvalue weighted by molar-refractivity contribution is 0.0526. The van der Waals surface area contributed by atoms with Gasteiger partial charge in [0.05, 0.1) is 12.2 Å². The second-order valence-electron chi connectivity index (χ2n) is 4.11. The summed E-state index contributed by atoms with van der Waals surface area (Å²) in [6, 6.07) is 13.9. The molecule has 2 aromatic rings. The van der Waals surface area contributed by atoms with Gasteiger partial charge in [-0.1, -0.05) is 24.3 Å². The minimum Gasteiger partial charge on any atom is -0.462 e. The first kappa shape index (κ1) is 14.7. The van der Waals surface area contributed by atoms with Crippen molar-refractivity contribution in [3.63, 3.8) is 0 Å². The van der Waals surface area contributed by atoms with Crippen molar-refractivity contribution in [2.24, 2.45) is 0 Å². The van der Waals surface area contributed by atoms with Crippen LogP contribution in [-0.4, -0.2) is 18.4 Å². The summed E-state index contributed by atoms with van der Waals surface area (Å²) in [6.07, 6.45) is 0. The fourth-order valence-corrected chi connectivity index (χ4v) is 2.41. The Morgan fingerprint density at radius 3 is 2.20 bits per heavy atom. The number of esters is 1. The van der Waals surface area contributed by atoms with Crippen molar-refractivity contribution in [1.82, 2.24) is 0 Å². The van der Waals surface area contributed by atoms with Gasteiger partial charge in [-0.05, 0) is 53.8 Å². The van der Waals surface area contributed by atoms with E-state index >= 15 is 0 Å². The van der Waals surface area contributed by atoms with Gasteiger partial charge >= 0.3 is 5.97 Å². The van der Waals surface area contributed by atoms with E-state index in [1.54, 1.807) is 37.3 Å². The molecule has 102 valence electrons. The monoisotopic (exact) mass is 380 g/mol. The van der Waals surface area contributed by atoms with Gasteiger partial charge in [-0.2, -0.15) is 0 Å². The average molecular weight is 380 g/mol. The Labute approximate surface area is 131 Å². The maximum atomic E-state index is 12.4. The highest BCUT2D eigenvalue weighted by atomic mass is 127. The molecule has 0 saturated heterocycles. The molecular weight excluding hydrogens is 367 g/mol. The summed E-state index contributed by atoms with van der Waals surface area (Å²) in [7, 11) is 0. The predicted molar refractivity (Wildman–Crippen MR) is 85.0 cm³/mol. The van der Waals surface area contributed by atoms with Crippen LogP contribution in [0.4, 0.5) is 0 Å². The van der Waals surface area contributed by atoms with Gasteiger partial charge in [-0.3, -0.25) is 4.79 Å². The van der Waals surface area contributed by atoms with Gasteiger partial charge in [0.15, 0.2) is 5.78 Å². The molecule has 0 N–H and O–H groups in total. The molecule has 0 spiro atoms. The molecule has 0 atom stereocenters. The molecule has 0 saturated carbocycles. The van der Waals surface area contributed by atoms with E-state index in [1.807, 2.05) is 18.2 Å². The maximum absolute atomic E-state index is 12.4. The Balaban J connectivity index is 2.24. The van der Waals surface area contributed by atoms with E-state index in [9.17, 15) is 9.59 Å². The lowest BCUT2D eigenvalue weighted by Crippen LogP contribution is -2.07. The van der Waals surface area contributed by atoms with Gasteiger partial charge in [0, 0.05) is 14.7 Å². The SMILES string of the molecule is CCOC(=O)c1ccc(C(=O)c2ccccc2I)cc1. The Morgan fingerprint density at radius 2 is 1.60 bits per heavy atom. The average Bonchev–Trinajstić information content (AvgIpc) is 2.47. The van der Waals surface area contributed by atoms with Gasteiger partial charge in [-0.25, -0.2) is 4.79 Å². The predicted octanol–water partition coefficient (Wildman–Crippen LogP) is 3.70. The van der Waals surface area contributed by atoms with Crippen LogP contribution in [0.5, 0.6) is 0 Å². The standard InChI is InChI=1S/C16H13IO3/c1-2-20-16(19)12-9-7-11(8-10-12)15(18)13-5-3-4-6-14(13)17/h3-10H,2H2,1H3. The molecule has 0 fully saturated rings. The molecular formula is C16H13IO3. The van der Waals surface area contributed by atoms with Gasteiger partial charge in [0.1, 0.15) is 0 Å². The minimum absolute atomic E-state index is 0.0505. The lowest BCUT2D eigenvalue weighted by atomic mass is 10.0. The maximum Gasteiger partial charge on any atom is 0.338 e. The summed E-state index contributed by atoms with van der Waals surface area (Å²) in [5, 5.41) is 0. The number of ether oxygens (including phenoxy) is 1. The Morgan fingerprint density at radius 1 is 1.00 bits per heavy atom. The molecule has 0 unspecified atom stereocenters. The zero-order valence-electron chi connectivity index (χ0n) is 10.9. The second kappa shape index (κ2) is 6.65. The van der Waals surface area contributed by atoms with E-state index < -0.39 is 0 Å². The number of halogens is 1. The smallest absolute Gasteiger partial charge is 0.338 e. The molecule has 0 bridgehead atoms.